The maximum absolute atomic E-state index is 12.5. The minimum atomic E-state index is -4.37. The number of hydrogen-bond acceptors (Lipinski definition) is 2. The molecule has 0 N–H and O–H groups in total. The van der Waals surface area contributed by atoms with Crippen LogP contribution in [0.25, 0.3) is 11.6 Å². The summed E-state index contributed by atoms with van der Waals surface area (Å²) in [7, 11) is 0. The Balaban J connectivity index is 2.38. The van der Waals surface area contributed by atoms with E-state index < -0.39 is 11.7 Å². The Morgan fingerprint density at radius 1 is 1.10 bits per heavy atom. The van der Waals surface area contributed by atoms with Crippen molar-refractivity contribution in [1.29, 1.82) is 0 Å². The molecule has 0 aliphatic carbocycles. The lowest BCUT2D eigenvalue weighted by atomic mass is 10.0. The normalized spacial score (nSPS) is 12.3. The number of hydrogen-bond donors (Lipinski definition) is 0. The van der Waals surface area contributed by atoms with Gasteiger partial charge in [-0.05, 0) is 42.8 Å². The first-order chi connectivity index (χ1) is 9.88. The second kappa shape index (κ2) is 5.91. The molecule has 0 amide bonds. The minimum absolute atomic E-state index is 0.200. The van der Waals surface area contributed by atoms with E-state index in [-0.39, 0.29) is 5.78 Å². The number of rotatable bonds is 3. The van der Waals surface area contributed by atoms with Crippen molar-refractivity contribution in [2.45, 2.75) is 13.1 Å². The van der Waals surface area contributed by atoms with Gasteiger partial charge in [-0.3, -0.25) is 9.78 Å². The van der Waals surface area contributed by atoms with Crippen LogP contribution >= 0.6 is 0 Å². The van der Waals surface area contributed by atoms with Gasteiger partial charge in [0.25, 0.3) is 0 Å². The van der Waals surface area contributed by atoms with Crippen molar-refractivity contribution in [3.63, 3.8) is 0 Å². The largest absolute Gasteiger partial charge is 0.416 e. The van der Waals surface area contributed by atoms with E-state index in [0.29, 0.717) is 16.8 Å². The van der Waals surface area contributed by atoms with Crippen LogP contribution in [0.3, 0.4) is 0 Å². The number of carbonyl (C=O) groups is 1. The summed E-state index contributed by atoms with van der Waals surface area (Å²) in [6.07, 6.45) is -1.28. The lowest BCUT2D eigenvalue weighted by molar-refractivity contribution is -0.137. The maximum atomic E-state index is 12.5. The Hall–Kier alpha value is -2.43. The van der Waals surface area contributed by atoms with Gasteiger partial charge in [0.15, 0.2) is 5.78 Å². The fraction of sp³-hybridized carbons (Fsp3) is 0.125. The van der Waals surface area contributed by atoms with Gasteiger partial charge in [0.1, 0.15) is 0 Å². The number of pyridine rings is 1. The van der Waals surface area contributed by atoms with Crippen molar-refractivity contribution in [2.75, 3.05) is 0 Å². The van der Waals surface area contributed by atoms with E-state index in [1.807, 2.05) is 0 Å². The Bertz CT molecular complexity index is 658. The number of alkyl halides is 3. The molecule has 0 fully saturated rings. The van der Waals surface area contributed by atoms with Crippen LogP contribution in [-0.2, 0) is 11.0 Å². The first-order valence-electron chi connectivity index (χ1n) is 6.19. The molecule has 0 aliphatic heterocycles. The number of Topliss-reactive ketones (excluding diaryl/α,β-unsaturated/α-hetero) is 1. The lowest BCUT2D eigenvalue weighted by Crippen LogP contribution is -2.04. The highest BCUT2D eigenvalue weighted by Crippen LogP contribution is 2.29. The van der Waals surface area contributed by atoms with Crippen molar-refractivity contribution in [3.05, 3.63) is 65.5 Å². The molecule has 5 heteroatoms. The molecule has 0 bridgehead atoms. The number of allylic oxidation sites excluding steroid dienone is 1. The average molecular weight is 291 g/mol. The first kappa shape index (κ1) is 15.0. The number of carbonyl (C=O) groups excluding carboxylic acids is 1. The van der Waals surface area contributed by atoms with Crippen LogP contribution in [-0.4, -0.2) is 10.8 Å². The molecule has 0 radical (unpaired) electrons. The zero-order valence-corrected chi connectivity index (χ0v) is 11.2. The molecule has 2 nitrogen and oxygen atoms in total. The Kier molecular flexibility index (Phi) is 4.21. The highest BCUT2D eigenvalue weighted by Gasteiger charge is 2.29. The zero-order chi connectivity index (χ0) is 15.5. The molecule has 0 saturated carbocycles. The van der Waals surface area contributed by atoms with Crippen LogP contribution in [0.2, 0.25) is 0 Å². The van der Waals surface area contributed by atoms with Gasteiger partial charge in [-0.15, -0.1) is 0 Å². The van der Waals surface area contributed by atoms with E-state index in [9.17, 15) is 18.0 Å². The van der Waals surface area contributed by atoms with Crippen LogP contribution in [0.15, 0.2) is 48.7 Å². The molecule has 0 aliphatic rings. The quantitative estimate of drug-likeness (QED) is 0.792. The number of aromatic nitrogens is 1. The van der Waals surface area contributed by atoms with Crippen LogP contribution < -0.4 is 0 Å². The highest BCUT2D eigenvalue weighted by molar-refractivity contribution is 6.23. The number of benzene rings is 1. The molecule has 0 saturated heterocycles. The molecule has 108 valence electrons. The van der Waals surface area contributed by atoms with Gasteiger partial charge < -0.3 is 0 Å². The van der Waals surface area contributed by atoms with Crippen molar-refractivity contribution in [2.24, 2.45) is 0 Å². The van der Waals surface area contributed by atoms with Crippen LogP contribution in [0.1, 0.15) is 23.7 Å². The Morgan fingerprint density at radius 2 is 1.76 bits per heavy atom. The third-order valence-electron chi connectivity index (χ3n) is 2.87. The molecule has 21 heavy (non-hydrogen) atoms. The second-order valence-corrected chi connectivity index (χ2v) is 4.45. The third kappa shape index (κ3) is 3.78. The second-order valence-electron chi connectivity index (χ2n) is 4.45. The molecule has 2 rings (SSSR count). The third-order valence-corrected chi connectivity index (χ3v) is 2.87. The molecular weight excluding hydrogens is 279 g/mol. The molecule has 1 heterocycles. The summed E-state index contributed by atoms with van der Waals surface area (Å²) in [5.41, 5.74) is 0.640. The van der Waals surface area contributed by atoms with Crippen LogP contribution in [0.5, 0.6) is 0 Å². The lowest BCUT2D eigenvalue weighted by Gasteiger charge is -2.07. The first-order valence-corrected chi connectivity index (χ1v) is 6.19. The van der Waals surface area contributed by atoms with Crippen LogP contribution in [0.4, 0.5) is 13.2 Å². The summed E-state index contributed by atoms with van der Waals surface area (Å²) in [6, 6.07) is 9.77. The molecule has 1 aromatic carbocycles. The van der Waals surface area contributed by atoms with E-state index >= 15 is 0 Å². The SMILES string of the molecule is CC(=O)/C(=C\c1ccc(C(F)(F)F)cc1)c1ccccn1. The van der Waals surface area contributed by atoms with Crippen molar-refractivity contribution >= 4 is 17.4 Å². The van der Waals surface area contributed by atoms with E-state index in [1.54, 1.807) is 24.4 Å². The standard InChI is InChI=1S/C16H12F3NO/c1-11(21)14(15-4-2-3-9-20-15)10-12-5-7-13(8-6-12)16(17,18)19/h2-10H,1H3/b14-10+. The molecule has 0 unspecified atom stereocenters. The van der Waals surface area contributed by atoms with Gasteiger partial charge in [-0.2, -0.15) is 13.2 Å². The van der Waals surface area contributed by atoms with E-state index in [1.165, 1.54) is 25.1 Å². The van der Waals surface area contributed by atoms with Gasteiger partial charge >= 0.3 is 6.18 Å². The molecular formula is C16H12F3NO. The van der Waals surface area contributed by atoms with Gasteiger partial charge in [0.2, 0.25) is 0 Å². The summed E-state index contributed by atoms with van der Waals surface area (Å²) in [6.45, 7) is 1.39. The number of nitrogens with zero attached hydrogens (tertiary/aromatic N) is 1. The summed E-state index contributed by atoms with van der Waals surface area (Å²) < 4.78 is 37.5. The predicted molar refractivity (Wildman–Crippen MR) is 74.2 cm³/mol. The smallest absolute Gasteiger partial charge is 0.294 e. The average Bonchev–Trinajstić information content (AvgIpc) is 2.45. The van der Waals surface area contributed by atoms with Gasteiger partial charge in [0.05, 0.1) is 11.3 Å². The van der Waals surface area contributed by atoms with Crippen molar-refractivity contribution < 1.29 is 18.0 Å². The fourth-order valence-corrected chi connectivity index (χ4v) is 1.81. The maximum Gasteiger partial charge on any atom is 0.416 e. The van der Waals surface area contributed by atoms with E-state index in [4.69, 9.17) is 0 Å². The van der Waals surface area contributed by atoms with Crippen molar-refractivity contribution in [3.8, 4) is 0 Å². The van der Waals surface area contributed by atoms with E-state index in [2.05, 4.69) is 4.98 Å². The molecule has 0 atom stereocenters. The van der Waals surface area contributed by atoms with Gasteiger partial charge in [-0.1, -0.05) is 18.2 Å². The van der Waals surface area contributed by atoms with Crippen molar-refractivity contribution in [1.82, 2.24) is 4.98 Å². The zero-order valence-electron chi connectivity index (χ0n) is 11.2. The van der Waals surface area contributed by atoms with E-state index in [0.717, 1.165) is 12.1 Å². The number of halogens is 3. The topological polar surface area (TPSA) is 30.0 Å². The summed E-state index contributed by atoms with van der Waals surface area (Å²) in [5, 5.41) is 0. The number of ketones is 1. The Morgan fingerprint density at radius 3 is 2.24 bits per heavy atom. The fourth-order valence-electron chi connectivity index (χ4n) is 1.81. The predicted octanol–water partition coefficient (Wildman–Crippen LogP) is 4.23. The molecule has 2 aromatic rings. The Labute approximate surface area is 120 Å². The monoisotopic (exact) mass is 291 g/mol. The van der Waals surface area contributed by atoms with Gasteiger partial charge in [-0.25, -0.2) is 0 Å². The highest BCUT2D eigenvalue weighted by atomic mass is 19.4. The summed E-state index contributed by atoms with van der Waals surface area (Å²) in [5.74, 6) is -0.200. The molecule has 1 aromatic heterocycles. The summed E-state index contributed by atoms with van der Waals surface area (Å²) in [4.78, 5) is 15.8. The van der Waals surface area contributed by atoms with Crippen LogP contribution in [0, 0.1) is 0 Å². The van der Waals surface area contributed by atoms with Gasteiger partial charge in [0, 0.05) is 11.8 Å². The summed E-state index contributed by atoms with van der Waals surface area (Å²) >= 11 is 0. The molecule has 0 spiro atoms. The minimum Gasteiger partial charge on any atom is -0.294 e.